The van der Waals surface area contributed by atoms with Crippen LogP contribution >= 0.6 is 38.6 Å². The quantitative estimate of drug-likeness (QED) is 0.305. The maximum atomic E-state index is 3.55. The monoisotopic (exact) mass is 412 g/mol. The Bertz CT molecular complexity index is 541. The van der Waals surface area contributed by atoms with E-state index in [9.17, 15) is 0 Å². The van der Waals surface area contributed by atoms with E-state index in [-0.39, 0.29) is 0 Å². The molecule has 128 valence electrons. The highest BCUT2D eigenvalue weighted by atomic mass is 79.9. The molecule has 0 aromatic carbocycles. The second-order valence-electron chi connectivity index (χ2n) is 6.30. The Morgan fingerprint density at radius 1 is 0.696 bits per heavy atom. The van der Waals surface area contributed by atoms with E-state index in [1.54, 1.807) is 4.88 Å². The highest BCUT2D eigenvalue weighted by Gasteiger charge is 2.05. The Kier molecular flexibility index (Phi) is 9.55. The molecule has 0 N–H and O–H groups in total. The second kappa shape index (κ2) is 11.4. The fourth-order valence-corrected chi connectivity index (χ4v) is 5.40. The summed E-state index contributed by atoms with van der Waals surface area (Å²) in [5, 5.41) is 0. The maximum absolute atomic E-state index is 3.55. The molecule has 2 rings (SSSR count). The topological polar surface area (TPSA) is 0 Å². The Hall–Kier alpha value is -0.120. The summed E-state index contributed by atoms with van der Waals surface area (Å²) in [5.74, 6) is 0. The van der Waals surface area contributed by atoms with Gasteiger partial charge in [0.25, 0.3) is 0 Å². The molecule has 0 amide bonds. The number of rotatable bonds is 12. The molecule has 0 unspecified atom stereocenters. The van der Waals surface area contributed by atoms with Crippen LogP contribution in [0.5, 0.6) is 0 Å². The van der Waals surface area contributed by atoms with E-state index in [0.29, 0.717) is 0 Å². The molecule has 0 atom stereocenters. The summed E-state index contributed by atoms with van der Waals surface area (Å²) in [6, 6.07) is 8.96. The van der Waals surface area contributed by atoms with Crippen molar-refractivity contribution in [2.45, 2.75) is 77.6 Å². The van der Waals surface area contributed by atoms with E-state index >= 15 is 0 Å². The summed E-state index contributed by atoms with van der Waals surface area (Å²) in [7, 11) is 0. The van der Waals surface area contributed by atoms with Gasteiger partial charge in [-0.15, -0.1) is 22.7 Å². The van der Waals surface area contributed by atoms with Crippen molar-refractivity contribution in [2.24, 2.45) is 0 Å². The van der Waals surface area contributed by atoms with Crippen molar-refractivity contribution in [1.82, 2.24) is 0 Å². The minimum atomic E-state index is 1.22. The molecule has 0 radical (unpaired) electrons. The van der Waals surface area contributed by atoms with Crippen molar-refractivity contribution in [3.63, 3.8) is 0 Å². The minimum Gasteiger partial charge on any atom is -0.139 e. The van der Waals surface area contributed by atoms with Crippen molar-refractivity contribution in [3.8, 4) is 9.75 Å². The molecule has 0 aliphatic carbocycles. The van der Waals surface area contributed by atoms with Crippen LogP contribution in [-0.2, 0) is 6.42 Å². The molecular formula is C20H29BrS2. The molecule has 3 heteroatoms. The van der Waals surface area contributed by atoms with Crippen LogP contribution in [0.25, 0.3) is 9.75 Å². The maximum Gasteiger partial charge on any atom is 0.0705 e. The number of halogens is 1. The van der Waals surface area contributed by atoms with Gasteiger partial charge in [-0.2, -0.15) is 0 Å². The van der Waals surface area contributed by atoms with Crippen LogP contribution in [0.4, 0.5) is 0 Å². The average Bonchev–Trinajstić information content (AvgIpc) is 3.18. The van der Waals surface area contributed by atoms with Crippen LogP contribution in [-0.4, -0.2) is 0 Å². The van der Waals surface area contributed by atoms with Gasteiger partial charge in [0, 0.05) is 14.6 Å². The molecule has 0 bridgehead atoms. The summed E-state index contributed by atoms with van der Waals surface area (Å²) in [6.07, 6.45) is 15.4. The lowest BCUT2D eigenvalue weighted by atomic mass is 10.1. The summed E-state index contributed by atoms with van der Waals surface area (Å²) < 4.78 is 1.22. The van der Waals surface area contributed by atoms with Gasteiger partial charge in [0.05, 0.1) is 3.79 Å². The number of hydrogen-bond donors (Lipinski definition) is 0. The van der Waals surface area contributed by atoms with Gasteiger partial charge >= 0.3 is 0 Å². The van der Waals surface area contributed by atoms with Gasteiger partial charge in [0.2, 0.25) is 0 Å². The first-order valence-electron chi connectivity index (χ1n) is 9.14. The molecule has 0 saturated carbocycles. The fraction of sp³-hybridized carbons (Fsp3) is 0.600. The lowest BCUT2D eigenvalue weighted by molar-refractivity contribution is 0.557. The van der Waals surface area contributed by atoms with Crippen LogP contribution in [0.3, 0.4) is 0 Å². The number of unbranched alkanes of at least 4 members (excludes halogenated alkanes) is 9. The lowest BCUT2D eigenvalue weighted by Crippen LogP contribution is -1.84. The van der Waals surface area contributed by atoms with Crippen molar-refractivity contribution in [3.05, 3.63) is 32.9 Å². The van der Waals surface area contributed by atoms with E-state index in [2.05, 4.69) is 47.1 Å². The standard InChI is InChI=1S/C20H29BrS2/c1-2-3-4-5-6-7-8-9-10-11-12-17-13-14-18(22-17)19-15-16-20(21)23-19/h13-16H,2-12H2,1H3. The SMILES string of the molecule is CCCCCCCCCCCCc1ccc(-c2ccc(Br)s2)s1. The summed E-state index contributed by atoms with van der Waals surface area (Å²) >= 11 is 7.34. The van der Waals surface area contributed by atoms with Crippen molar-refractivity contribution in [1.29, 1.82) is 0 Å². The third-order valence-corrected chi connectivity index (χ3v) is 7.22. The Morgan fingerprint density at radius 3 is 1.87 bits per heavy atom. The predicted octanol–water partition coefficient (Wildman–Crippen LogP) is 8.70. The van der Waals surface area contributed by atoms with E-state index in [1.807, 2.05) is 22.7 Å². The molecule has 0 aliphatic heterocycles. The van der Waals surface area contributed by atoms with Crippen LogP contribution in [0.15, 0.2) is 28.1 Å². The van der Waals surface area contributed by atoms with Gasteiger partial charge in [-0.25, -0.2) is 0 Å². The predicted molar refractivity (Wildman–Crippen MR) is 111 cm³/mol. The highest BCUT2D eigenvalue weighted by Crippen LogP contribution is 2.35. The minimum absolute atomic E-state index is 1.22. The fourth-order valence-electron chi connectivity index (χ4n) is 2.88. The number of aryl methyl sites for hydroxylation is 1. The third-order valence-electron chi connectivity index (χ3n) is 4.25. The van der Waals surface area contributed by atoms with E-state index in [1.165, 1.54) is 84.2 Å². The zero-order chi connectivity index (χ0) is 16.3. The first kappa shape index (κ1) is 19.2. The van der Waals surface area contributed by atoms with Crippen molar-refractivity contribution in [2.75, 3.05) is 0 Å². The van der Waals surface area contributed by atoms with Crippen molar-refractivity contribution >= 4 is 38.6 Å². The molecule has 23 heavy (non-hydrogen) atoms. The van der Waals surface area contributed by atoms with Gasteiger partial charge in [0.15, 0.2) is 0 Å². The molecule has 0 nitrogen and oxygen atoms in total. The summed E-state index contributed by atoms with van der Waals surface area (Å²) in [6.45, 7) is 2.29. The van der Waals surface area contributed by atoms with Gasteiger partial charge in [-0.05, 0) is 53.0 Å². The Labute approximate surface area is 158 Å². The first-order valence-corrected chi connectivity index (χ1v) is 11.6. The molecule has 0 fully saturated rings. The zero-order valence-electron chi connectivity index (χ0n) is 14.3. The van der Waals surface area contributed by atoms with Crippen LogP contribution in [0.1, 0.15) is 76.0 Å². The Balaban J connectivity index is 1.53. The van der Waals surface area contributed by atoms with E-state index in [0.717, 1.165) is 0 Å². The Morgan fingerprint density at radius 2 is 1.26 bits per heavy atom. The van der Waals surface area contributed by atoms with Crippen molar-refractivity contribution < 1.29 is 0 Å². The summed E-state index contributed by atoms with van der Waals surface area (Å²) in [5.41, 5.74) is 0. The van der Waals surface area contributed by atoms with E-state index in [4.69, 9.17) is 0 Å². The first-order chi connectivity index (χ1) is 11.3. The number of thiophene rings is 2. The van der Waals surface area contributed by atoms with Crippen LogP contribution in [0.2, 0.25) is 0 Å². The smallest absolute Gasteiger partial charge is 0.0705 e. The summed E-state index contributed by atoms with van der Waals surface area (Å²) in [4.78, 5) is 4.35. The number of hydrogen-bond acceptors (Lipinski definition) is 2. The van der Waals surface area contributed by atoms with Crippen LogP contribution < -0.4 is 0 Å². The van der Waals surface area contributed by atoms with Gasteiger partial charge in [-0.3, -0.25) is 0 Å². The molecule has 0 saturated heterocycles. The van der Waals surface area contributed by atoms with Gasteiger partial charge in [-0.1, -0.05) is 64.7 Å². The lowest BCUT2D eigenvalue weighted by Gasteiger charge is -2.01. The molecule has 0 aliphatic rings. The normalized spacial score (nSPS) is 11.2. The molecule has 2 aromatic heterocycles. The largest absolute Gasteiger partial charge is 0.139 e. The van der Waals surface area contributed by atoms with Gasteiger partial charge < -0.3 is 0 Å². The van der Waals surface area contributed by atoms with E-state index < -0.39 is 0 Å². The zero-order valence-corrected chi connectivity index (χ0v) is 17.5. The average molecular weight is 413 g/mol. The highest BCUT2D eigenvalue weighted by molar-refractivity contribution is 9.11. The van der Waals surface area contributed by atoms with Crippen LogP contribution in [0, 0.1) is 0 Å². The molecule has 2 heterocycles. The molecular weight excluding hydrogens is 384 g/mol. The third kappa shape index (κ3) is 7.53. The molecule has 2 aromatic rings. The second-order valence-corrected chi connectivity index (χ2v) is 9.93. The molecule has 0 spiro atoms. The van der Waals surface area contributed by atoms with Gasteiger partial charge in [0.1, 0.15) is 0 Å².